The van der Waals surface area contributed by atoms with Gasteiger partial charge in [-0.25, -0.2) is 0 Å². The summed E-state index contributed by atoms with van der Waals surface area (Å²) in [5, 5.41) is 0. The van der Waals surface area contributed by atoms with Crippen molar-refractivity contribution in [1.82, 2.24) is 0 Å². The van der Waals surface area contributed by atoms with Gasteiger partial charge in [0, 0.05) is 6.42 Å². The van der Waals surface area contributed by atoms with E-state index in [1.807, 2.05) is 0 Å². The molecule has 0 aromatic rings. The van der Waals surface area contributed by atoms with Gasteiger partial charge >= 0.3 is 0 Å². The number of carbonyl (C=O) groups is 1. The minimum Gasteiger partial charge on any atom is -0.300 e. The van der Waals surface area contributed by atoms with Crippen LogP contribution >= 0.6 is 0 Å². The molecule has 1 nitrogen and oxygen atoms in total. The van der Waals surface area contributed by atoms with Crippen molar-refractivity contribution in [2.45, 2.75) is 116 Å². The summed E-state index contributed by atoms with van der Waals surface area (Å²) in [5.41, 5.74) is 0. The topological polar surface area (TPSA) is 17.1 Å². The van der Waals surface area contributed by atoms with Crippen LogP contribution in [-0.4, -0.2) is 5.78 Å². The molecule has 0 aliphatic heterocycles. The largest absolute Gasteiger partial charge is 0.300 e. The van der Waals surface area contributed by atoms with E-state index in [4.69, 9.17) is 0 Å². The van der Waals surface area contributed by atoms with Crippen molar-refractivity contribution in [3.63, 3.8) is 0 Å². The molecule has 1 radical (unpaired) electrons. The second kappa shape index (κ2) is 17.7. The van der Waals surface area contributed by atoms with Crippen molar-refractivity contribution >= 4 is 5.78 Å². The lowest BCUT2D eigenvalue weighted by Crippen LogP contribution is -1.89. The fourth-order valence-corrected chi connectivity index (χ4v) is 2.85. The summed E-state index contributed by atoms with van der Waals surface area (Å²) in [7, 11) is 0. The third kappa shape index (κ3) is 19.7. The lowest BCUT2D eigenvalue weighted by Gasteiger charge is -2.03. The Morgan fingerprint density at radius 3 is 1.14 bits per heavy atom. The molecule has 0 bridgehead atoms. The first-order chi connectivity index (χ1) is 10.3. The molecule has 0 saturated heterocycles. The Bertz CT molecular complexity index is 210. The zero-order valence-electron chi connectivity index (χ0n) is 14.6. The highest BCUT2D eigenvalue weighted by Crippen LogP contribution is 2.13. The smallest absolute Gasteiger partial charge is 0.129 e. The Labute approximate surface area is 134 Å². The fourth-order valence-electron chi connectivity index (χ4n) is 2.85. The normalized spacial score (nSPS) is 11.0. The van der Waals surface area contributed by atoms with Crippen molar-refractivity contribution in [1.29, 1.82) is 0 Å². The van der Waals surface area contributed by atoms with E-state index in [1.165, 1.54) is 89.9 Å². The number of hydrogen-bond donors (Lipinski definition) is 0. The van der Waals surface area contributed by atoms with Gasteiger partial charge in [0.2, 0.25) is 0 Å². The van der Waals surface area contributed by atoms with Crippen LogP contribution in [0.25, 0.3) is 0 Å². The van der Waals surface area contributed by atoms with E-state index in [9.17, 15) is 4.79 Å². The van der Waals surface area contributed by atoms with E-state index in [1.54, 1.807) is 6.92 Å². The van der Waals surface area contributed by atoms with Gasteiger partial charge in [-0.3, -0.25) is 0 Å². The third-order valence-electron chi connectivity index (χ3n) is 4.28. The van der Waals surface area contributed by atoms with Crippen LogP contribution in [0.2, 0.25) is 0 Å². The van der Waals surface area contributed by atoms with E-state index < -0.39 is 0 Å². The van der Waals surface area contributed by atoms with Gasteiger partial charge in [-0.1, -0.05) is 103 Å². The Morgan fingerprint density at radius 1 is 0.571 bits per heavy atom. The van der Waals surface area contributed by atoms with Gasteiger partial charge in [0.15, 0.2) is 0 Å². The summed E-state index contributed by atoms with van der Waals surface area (Å²) in [6.07, 6.45) is 22.5. The predicted molar refractivity (Wildman–Crippen MR) is 94.5 cm³/mol. The summed E-state index contributed by atoms with van der Waals surface area (Å²) in [6.45, 7) is 5.58. The van der Waals surface area contributed by atoms with Crippen LogP contribution in [0.3, 0.4) is 0 Å². The number of rotatable bonds is 17. The Morgan fingerprint density at radius 2 is 0.857 bits per heavy atom. The van der Waals surface area contributed by atoms with E-state index in [0.29, 0.717) is 5.78 Å². The van der Waals surface area contributed by atoms with E-state index in [0.717, 1.165) is 19.3 Å². The summed E-state index contributed by atoms with van der Waals surface area (Å²) < 4.78 is 0. The maximum Gasteiger partial charge on any atom is 0.129 e. The van der Waals surface area contributed by atoms with Crippen LogP contribution in [-0.2, 0) is 4.79 Å². The van der Waals surface area contributed by atoms with Gasteiger partial charge < -0.3 is 4.79 Å². The van der Waals surface area contributed by atoms with Gasteiger partial charge in [0.1, 0.15) is 5.78 Å². The van der Waals surface area contributed by atoms with Crippen molar-refractivity contribution in [2.24, 2.45) is 0 Å². The van der Waals surface area contributed by atoms with Crippen LogP contribution in [0, 0.1) is 6.92 Å². The predicted octanol–water partition coefficient (Wildman–Crippen LogP) is 7.04. The summed E-state index contributed by atoms with van der Waals surface area (Å²) in [4.78, 5) is 10.8. The molecule has 0 aliphatic carbocycles. The molecule has 0 aromatic carbocycles. The van der Waals surface area contributed by atoms with Gasteiger partial charge in [0.25, 0.3) is 0 Å². The highest BCUT2D eigenvalue weighted by Gasteiger charge is 1.95. The van der Waals surface area contributed by atoms with Crippen molar-refractivity contribution in [3.8, 4) is 0 Å². The molecule has 0 N–H and O–H groups in total. The van der Waals surface area contributed by atoms with Crippen LogP contribution in [0.1, 0.15) is 116 Å². The van der Waals surface area contributed by atoms with Gasteiger partial charge in [-0.15, -0.1) is 0 Å². The van der Waals surface area contributed by atoms with E-state index in [-0.39, 0.29) is 0 Å². The van der Waals surface area contributed by atoms with E-state index in [2.05, 4.69) is 6.92 Å². The lowest BCUT2D eigenvalue weighted by atomic mass is 10.0. The monoisotopic (exact) mass is 295 g/mol. The second-order valence-electron chi connectivity index (χ2n) is 6.61. The highest BCUT2D eigenvalue weighted by molar-refractivity contribution is 5.75. The molecule has 0 amide bonds. The molecule has 0 fully saturated rings. The lowest BCUT2D eigenvalue weighted by molar-refractivity contribution is -0.117. The molecule has 0 atom stereocenters. The van der Waals surface area contributed by atoms with Crippen molar-refractivity contribution < 1.29 is 4.79 Å². The highest BCUT2D eigenvalue weighted by atomic mass is 16.1. The molecule has 21 heavy (non-hydrogen) atoms. The molecular weight excluding hydrogens is 256 g/mol. The molecule has 0 rings (SSSR count). The minimum absolute atomic E-state index is 0.345. The van der Waals surface area contributed by atoms with Crippen LogP contribution < -0.4 is 0 Å². The molecule has 0 saturated carbocycles. The van der Waals surface area contributed by atoms with E-state index >= 15 is 0 Å². The Balaban J connectivity index is 2.95. The first-order valence-electron chi connectivity index (χ1n) is 9.56. The second-order valence-corrected chi connectivity index (χ2v) is 6.61. The van der Waals surface area contributed by atoms with Crippen LogP contribution in [0.5, 0.6) is 0 Å². The quantitative estimate of drug-likeness (QED) is 0.263. The molecule has 0 aromatic heterocycles. The maximum atomic E-state index is 10.8. The van der Waals surface area contributed by atoms with Gasteiger partial charge in [-0.2, -0.15) is 0 Å². The molecule has 1 heteroatoms. The van der Waals surface area contributed by atoms with Crippen LogP contribution in [0.4, 0.5) is 0 Å². The molecule has 0 unspecified atom stereocenters. The first kappa shape index (κ1) is 20.7. The third-order valence-corrected chi connectivity index (χ3v) is 4.28. The average Bonchev–Trinajstić information content (AvgIpc) is 2.46. The van der Waals surface area contributed by atoms with Gasteiger partial charge in [0.05, 0.1) is 0 Å². The number of Topliss-reactive ketones (excluding diaryl/α,β-unsaturated/α-hetero) is 1. The zero-order valence-corrected chi connectivity index (χ0v) is 14.6. The molecule has 0 spiro atoms. The fraction of sp³-hybridized carbons (Fsp3) is 0.900. The summed E-state index contributed by atoms with van der Waals surface area (Å²) in [5.74, 6) is 0.345. The standard InChI is InChI=1S/C20H39O/c1-3-4-5-6-7-8-9-10-11-12-13-14-15-16-17-18-19-20(2)21/h1,3-19H2,2H3. The van der Waals surface area contributed by atoms with Crippen molar-refractivity contribution in [2.75, 3.05) is 0 Å². The number of ketones is 1. The number of hydrogen-bond acceptors (Lipinski definition) is 1. The molecule has 125 valence electrons. The molecule has 0 heterocycles. The average molecular weight is 296 g/mol. The summed E-state index contributed by atoms with van der Waals surface area (Å²) >= 11 is 0. The van der Waals surface area contributed by atoms with Gasteiger partial charge in [-0.05, 0) is 13.3 Å². The molecule has 0 aliphatic rings. The summed E-state index contributed by atoms with van der Waals surface area (Å²) in [6, 6.07) is 0. The number of unbranched alkanes of at least 4 members (excludes halogenated alkanes) is 15. The number of carbonyl (C=O) groups excluding carboxylic acids is 1. The minimum atomic E-state index is 0.345. The SMILES string of the molecule is [CH2]CCCCCCCCCCCCCCCCCC(C)=O. The Hall–Kier alpha value is -0.330. The maximum absolute atomic E-state index is 10.8. The molecular formula is C20H39O. The first-order valence-corrected chi connectivity index (χ1v) is 9.56. The zero-order chi connectivity index (χ0) is 15.6. The van der Waals surface area contributed by atoms with Crippen molar-refractivity contribution in [3.05, 3.63) is 6.92 Å². The van der Waals surface area contributed by atoms with Crippen LogP contribution in [0.15, 0.2) is 0 Å². The Kier molecular flexibility index (Phi) is 17.4.